The molecule has 0 amide bonds. The van der Waals surface area contributed by atoms with Gasteiger partial charge in [0.2, 0.25) is 0 Å². The van der Waals surface area contributed by atoms with Crippen molar-refractivity contribution in [3.05, 3.63) is 11.6 Å². The number of aryl methyl sites for hydroxylation is 1. The van der Waals surface area contributed by atoms with Crippen LogP contribution >= 0.6 is 0 Å². The lowest BCUT2D eigenvalue weighted by Crippen LogP contribution is -1.94. The van der Waals surface area contributed by atoms with Crippen molar-refractivity contribution in [3.63, 3.8) is 0 Å². The van der Waals surface area contributed by atoms with Gasteiger partial charge >= 0.3 is 5.95 Å². The van der Waals surface area contributed by atoms with Crippen LogP contribution in [0.2, 0.25) is 0 Å². The molecule has 4 heteroatoms. The second-order valence-electron chi connectivity index (χ2n) is 2.06. The second-order valence-corrected chi connectivity index (χ2v) is 2.06. The summed E-state index contributed by atoms with van der Waals surface area (Å²) in [5.41, 5.74) is 0.462. The fraction of sp³-hybridized carbons (Fsp3) is 0.571. The molecule has 0 atom stereocenters. The third-order valence-electron chi connectivity index (χ3n) is 1.19. The van der Waals surface area contributed by atoms with Crippen molar-refractivity contribution >= 4 is 0 Å². The maximum Gasteiger partial charge on any atom is 0.311 e. The Hall–Kier alpha value is -1.03. The molecule has 0 aromatic carbocycles. The number of aromatic nitrogens is 1. The summed E-state index contributed by atoms with van der Waals surface area (Å²) in [5.74, 6) is 0.838. The van der Waals surface area contributed by atoms with Gasteiger partial charge in [-0.05, 0) is 6.92 Å². The molecule has 0 aliphatic rings. The number of hydrogen-bond donors (Lipinski definition) is 1. The SMILES string of the molecule is CCOc1oc(C)nc1CO. The van der Waals surface area contributed by atoms with E-state index in [0.29, 0.717) is 24.1 Å². The molecule has 0 spiro atoms. The van der Waals surface area contributed by atoms with E-state index >= 15 is 0 Å². The largest absolute Gasteiger partial charge is 0.464 e. The smallest absolute Gasteiger partial charge is 0.311 e. The third-order valence-corrected chi connectivity index (χ3v) is 1.19. The van der Waals surface area contributed by atoms with E-state index in [4.69, 9.17) is 14.3 Å². The summed E-state index contributed by atoms with van der Waals surface area (Å²) in [6, 6.07) is 0. The van der Waals surface area contributed by atoms with Gasteiger partial charge in [-0.1, -0.05) is 0 Å². The Morgan fingerprint density at radius 2 is 2.36 bits per heavy atom. The highest BCUT2D eigenvalue weighted by Gasteiger charge is 2.09. The van der Waals surface area contributed by atoms with Crippen molar-refractivity contribution in [3.8, 4) is 5.95 Å². The van der Waals surface area contributed by atoms with Crippen LogP contribution in [0.25, 0.3) is 0 Å². The van der Waals surface area contributed by atoms with Crippen LogP contribution < -0.4 is 4.74 Å². The van der Waals surface area contributed by atoms with Gasteiger partial charge in [-0.2, -0.15) is 0 Å². The molecule has 4 nitrogen and oxygen atoms in total. The van der Waals surface area contributed by atoms with E-state index < -0.39 is 0 Å². The molecule has 1 aromatic heterocycles. The first-order chi connectivity index (χ1) is 5.27. The summed E-state index contributed by atoms with van der Waals surface area (Å²) in [7, 11) is 0. The first kappa shape index (κ1) is 8.07. The van der Waals surface area contributed by atoms with E-state index in [1.807, 2.05) is 6.92 Å². The lowest BCUT2D eigenvalue weighted by Gasteiger charge is -1.96. The number of hydrogen-bond acceptors (Lipinski definition) is 4. The molecule has 11 heavy (non-hydrogen) atoms. The summed E-state index contributed by atoms with van der Waals surface area (Å²) in [6.07, 6.45) is 0. The van der Waals surface area contributed by atoms with Gasteiger partial charge < -0.3 is 14.3 Å². The van der Waals surface area contributed by atoms with Gasteiger partial charge in [-0.15, -0.1) is 0 Å². The van der Waals surface area contributed by atoms with E-state index in [9.17, 15) is 0 Å². The van der Waals surface area contributed by atoms with Crippen LogP contribution in [-0.4, -0.2) is 16.7 Å². The maximum atomic E-state index is 8.76. The molecular formula is C7H11NO3. The fourth-order valence-corrected chi connectivity index (χ4v) is 0.795. The number of rotatable bonds is 3. The summed E-state index contributed by atoms with van der Waals surface area (Å²) in [4.78, 5) is 3.91. The highest BCUT2D eigenvalue weighted by atomic mass is 16.6. The van der Waals surface area contributed by atoms with Crippen molar-refractivity contribution in [2.24, 2.45) is 0 Å². The lowest BCUT2D eigenvalue weighted by molar-refractivity contribution is 0.229. The number of aliphatic hydroxyl groups is 1. The molecule has 62 valence electrons. The molecule has 0 saturated heterocycles. The molecular weight excluding hydrogens is 146 g/mol. The number of ether oxygens (including phenoxy) is 1. The Morgan fingerprint density at radius 1 is 1.64 bits per heavy atom. The highest BCUT2D eigenvalue weighted by molar-refractivity contribution is 5.14. The average molecular weight is 157 g/mol. The van der Waals surface area contributed by atoms with Gasteiger partial charge in [0, 0.05) is 6.92 Å². The molecule has 1 rings (SSSR count). The molecule has 0 fully saturated rings. The fourth-order valence-electron chi connectivity index (χ4n) is 0.795. The predicted molar refractivity (Wildman–Crippen MR) is 38.3 cm³/mol. The van der Waals surface area contributed by atoms with Gasteiger partial charge in [0.05, 0.1) is 13.2 Å². The van der Waals surface area contributed by atoms with Crippen molar-refractivity contribution in [2.75, 3.05) is 6.61 Å². The topological polar surface area (TPSA) is 55.5 Å². The molecule has 1 aromatic rings. The van der Waals surface area contributed by atoms with Gasteiger partial charge in [0.15, 0.2) is 11.6 Å². The Balaban J connectivity index is 2.83. The molecule has 0 bridgehead atoms. The van der Waals surface area contributed by atoms with Crippen LogP contribution in [-0.2, 0) is 6.61 Å². The molecule has 0 unspecified atom stereocenters. The normalized spacial score (nSPS) is 10.1. The standard InChI is InChI=1S/C7H11NO3/c1-3-10-7-6(4-9)8-5(2)11-7/h9H,3-4H2,1-2H3. The summed E-state index contributed by atoms with van der Waals surface area (Å²) in [5, 5.41) is 8.76. The van der Waals surface area contributed by atoms with E-state index in [0.717, 1.165) is 0 Å². The molecule has 1 N–H and O–H groups in total. The van der Waals surface area contributed by atoms with Crippen LogP contribution in [0.4, 0.5) is 0 Å². The van der Waals surface area contributed by atoms with Gasteiger partial charge in [-0.3, -0.25) is 0 Å². The minimum atomic E-state index is -0.146. The van der Waals surface area contributed by atoms with Crippen molar-refractivity contribution in [1.29, 1.82) is 0 Å². The van der Waals surface area contributed by atoms with Crippen LogP contribution in [0, 0.1) is 6.92 Å². The van der Waals surface area contributed by atoms with Gasteiger partial charge in [-0.25, -0.2) is 4.98 Å². The Bertz CT molecular complexity index is 232. The summed E-state index contributed by atoms with van der Waals surface area (Å²) >= 11 is 0. The molecule has 0 saturated carbocycles. The first-order valence-corrected chi connectivity index (χ1v) is 3.48. The van der Waals surface area contributed by atoms with Crippen LogP contribution in [0.3, 0.4) is 0 Å². The van der Waals surface area contributed by atoms with Crippen molar-refractivity contribution < 1.29 is 14.3 Å². The van der Waals surface area contributed by atoms with E-state index in [1.54, 1.807) is 6.92 Å². The van der Waals surface area contributed by atoms with E-state index in [2.05, 4.69) is 4.98 Å². The zero-order valence-corrected chi connectivity index (χ0v) is 6.63. The second kappa shape index (κ2) is 3.39. The quantitative estimate of drug-likeness (QED) is 0.707. The number of nitrogens with zero attached hydrogens (tertiary/aromatic N) is 1. The highest BCUT2D eigenvalue weighted by Crippen LogP contribution is 2.18. The zero-order chi connectivity index (χ0) is 8.27. The monoisotopic (exact) mass is 157 g/mol. The van der Waals surface area contributed by atoms with Crippen LogP contribution in [0.15, 0.2) is 4.42 Å². The minimum Gasteiger partial charge on any atom is -0.464 e. The van der Waals surface area contributed by atoms with E-state index in [-0.39, 0.29) is 6.61 Å². The van der Waals surface area contributed by atoms with Crippen molar-refractivity contribution in [2.45, 2.75) is 20.5 Å². The molecule has 1 heterocycles. The predicted octanol–water partition coefficient (Wildman–Crippen LogP) is 0.874. The number of aliphatic hydroxyl groups excluding tert-OH is 1. The Morgan fingerprint density at radius 3 is 2.91 bits per heavy atom. The molecule has 0 radical (unpaired) electrons. The third kappa shape index (κ3) is 1.71. The molecule has 0 aliphatic carbocycles. The minimum absolute atomic E-state index is 0.146. The Kier molecular flexibility index (Phi) is 2.48. The van der Waals surface area contributed by atoms with Gasteiger partial charge in [0.25, 0.3) is 0 Å². The van der Waals surface area contributed by atoms with Crippen molar-refractivity contribution in [1.82, 2.24) is 4.98 Å². The summed E-state index contributed by atoms with van der Waals surface area (Å²) < 4.78 is 10.1. The zero-order valence-electron chi connectivity index (χ0n) is 6.63. The number of oxazole rings is 1. The maximum absolute atomic E-state index is 8.76. The lowest BCUT2D eigenvalue weighted by atomic mass is 10.5. The van der Waals surface area contributed by atoms with Crippen LogP contribution in [0.5, 0.6) is 5.95 Å². The average Bonchev–Trinajstić information content (AvgIpc) is 2.32. The van der Waals surface area contributed by atoms with Crippen LogP contribution in [0.1, 0.15) is 18.5 Å². The summed E-state index contributed by atoms with van der Waals surface area (Å²) in [6.45, 7) is 3.93. The first-order valence-electron chi connectivity index (χ1n) is 3.48. The Labute approximate surface area is 64.8 Å². The van der Waals surface area contributed by atoms with E-state index in [1.165, 1.54) is 0 Å². The molecule has 0 aliphatic heterocycles. The van der Waals surface area contributed by atoms with Gasteiger partial charge in [0.1, 0.15) is 0 Å².